The topological polar surface area (TPSA) is 23.6 Å². The molecule has 0 aromatic heterocycles. The molecule has 4 rings (SSSR count). The number of rotatable bonds is 5. The lowest BCUT2D eigenvalue weighted by Gasteiger charge is -2.31. The molecule has 2 aliphatic rings. The van der Waals surface area contributed by atoms with Gasteiger partial charge in [0.25, 0.3) is 0 Å². The molecule has 0 aliphatic carbocycles. The highest BCUT2D eigenvalue weighted by atomic mass is 32.2. The summed E-state index contributed by atoms with van der Waals surface area (Å²) in [7, 11) is 0. The third-order valence-electron chi connectivity index (χ3n) is 4.91. The molecule has 2 aliphatic heterocycles. The SMILES string of the molecule is O=C(CSCCN1CCCCC1)N1c2ccccc2Sc2ccccc21. The Hall–Kier alpha value is -1.43. The third kappa shape index (κ3) is 3.95. The fourth-order valence-corrected chi connectivity index (χ4v) is 5.47. The summed E-state index contributed by atoms with van der Waals surface area (Å²) in [6.45, 7) is 3.54. The number of fused-ring (bicyclic) bond motifs is 2. The molecular weight excluding hydrogens is 360 g/mol. The second-order valence-electron chi connectivity index (χ2n) is 6.72. The van der Waals surface area contributed by atoms with Gasteiger partial charge >= 0.3 is 0 Å². The number of hydrogen-bond donors (Lipinski definition) is 0. The van der Waals surface area contributed by atoms with E-state index in [0.29, 0.717) is 5.75 Å². The van der Waals surface area contributed by atoms with E-state index >= 15 is 0 Å². The van der Waals surface area contributed by atoms with E-state index in [-0.39, 0.29) is 5.91 Å². The molecule has 2 aromatic carbocycles. The summed E-state index contributed by atoms with van der Waals surface area (Å²) >= 11 is 3.50. The summed E-state index contributed by atoms with van der Waals surface area (Å²) in [5.41, 5.74) is 2.02. The molecule has 0 unspecified atom stereocenters. The minimum atomic E-state index is 0.175. The van der Waals surface area contributed by atoms with Crippen LogP contribution in [0.2, 0.25) is 0 Å². The van der Waals surface area contributed by atoms with Crippen molar-refractivity contribution in [3.05, 3.63) is 48.5 Å². The Bertz CT molecular complexity index is 729. The highest BCUT2D eigenvalue weighted by molar-refractivity contribution is 8.00. The lowest BCUT2D eigenvalue weighted by molar-refractivity contribution is -0.115. The number of thioether (sulfide) groups is 1. The average Bonchev–Trinajstić information content (AvgIpc) is 2.70. The quantitative estimate of drug-likeness (QED) is 0.674. The fraction of sp³-hybridized carbons (Fsp3) is 0.381. The summed E-state index contributed by atoms with van der Waals surface area (Å²) in [5.74, 6) is 1.73. The summed E-state index contributed by atoms with van der Waals surface area (Å²) in [6, 6.07) is 16.4. The molecule has 3 nitrogen and oxygen atoms in total. The Morgan fingerprint density at radius 2 is 1.54 bits per heavy atom. The van der Waals surface area contributed by atoms with Crippen molar-refractivity contribution >= 4 is 40.8 Å². The number of hydrogen-bond acceptors (Lipinski definition) is 4. The number of anilines is 2. The molecule has 5 heteroatoms. The fourth-order valence-electron chi connectivity index (χ4n) is 3.57. The molecule has 0 atom stereocenters. The van der Waals surface area contributed by atoms with Crippen molar-refractivity contribution < 1.29 is 4.79 Å². The lowest BCUT2D eigenvalue weighted by atomic mass is 10.1. The zero-order valence-electron chi connectivity index (χ0n) is 14.9. The van der Waals surface area contributed by atoms with Gasteiger partial charge in [0.15, 0.2) is 0 Å². The molecule has 0 saturated carbocycles. The van der Waals surface area contributed by atoms with E-state index in [1.54, 1.807) is 23.5 Å². The molecule has 0 spiro atoms. The van der Waals surface area contributed by atoms with Crippen molar-refractivity contribution in [1.82, 2.24) is 4.90 Å². The van der Waals surface area contributed by atoms with Crippen molar-refractivity contribution in [1.29, 1.82) is 0 Å². The number of amides is 1. The van der Waals surface area contributed by atoms with Gasteiger partial charge in [-0.3, -0.25) is 9.69 Å². The smallest absolute Gasteiger partial charge is 0.241 e. The summed E-state index contributed by atoms with van der Waals surface area (Å²) < 4.78 is 0. The molecule has 2 heterocycles. The highest BCUT2D eigenvalue weighted by Gasteiger charge is 2.27. The maximum atomic E-state index is 13.1. The van der Waals surface area contributed by atoms with Crippen LogP contribution in [-0.4, -0.2) is 41.9 Å². The Labute approximate surface area is 164 Å². The maximum absolute atomic E-state index is 13.1. The van der Waals surface area contributed by atoms with Gasteiger partial charge in [-0.05, 0) is 50.2 Å². The predicted octanol–water partition coefficient (Wildman–Crippen LogP) is 5.04. The van der Waals surface area contributed by atoms with E-state index < -0.39 is 0 Å². The first kappa shape index (κ1) is 18.0. The number of likely N-dealkylation sites (tertiary alicyclic amines) is 1. The van der Waals surface area contributed by atoms with Gasteiger partial charge in [-0.1, -0.05) is 42.4 Å². The molecule has 136 valence electrons. The van der Waals surface area contributed by atoms with Gasteiger partial charge in [0.2, 0.25) is 5.91 Å². The maximum Gasteiger partial charge on any atom is 0.241 e. The van der Waals surface area contributed by atoms with Crippen molar-refractivity contribution in [2.75, 3.05) is 36.0 Å². The summed E-state index contributed by atoms with van der Waals surface area (Å²) in [4.78, 5) is 19.8. The highest BCUT2D eigenvalue weighted by Crippen LogP contribution is 2.47. The van der Waals surface area contributed by atoms with Crippen LogP contribution in [0.4, 0.5) is 11.4 Å². The van der Waals surface area contributed by atoms with Gasteiger partial charge in [0.1, 0.15) is 0 Å². The molecule has 2 aromatic rings. The third-order valence-corrected chi connectivity index (χ3v) is 6.96. The van der Waals surface area contributed by atoms with Gasteiger partial charge < -0.3 is 4.90 Å². The zero-order chi connectivity index (χ0) is 17.8. The molecule has 0 N–H and O–H groups in total. The van der Waals surface area contributed by atoms with Crippen molar-refractivity contribution in [2.24, 2.45) is 0 Å². The number of para-hydroxylation sites is 2. The van der Waals surface area contributed by atoms with Crippen LogP contribution in [0.25, 0.3) is 0 Å². The van der Waals surface area contributed by atoms with Crippen LogP contribution in [0.3, 0.4) is 0 Å². The first-order valence-corrected chi connectivity index (χ1v) is 11.3. The number of piperidine rings is 1. The number of carbonyl (C=O) groups is 1. The number of nitrogens with zero attached hydrogens (tertiary/aromatic N) is 2. The standard InChI is InChI=1S/C21H24N2OS2/c24-21(16-25-15-14-22-12-6-1-7-13-22)23-17-8-2-4-10-19(17)26-20-11-5-3-9-18(20)23/h2-5,8-11H,1,6-7,12-16H2. The second-order valence-corrected chi connectivity index (χ2v) is 8.91. The van der Waals surface area contributed by atoms with Crippen LogP contribution in [0, 0.1) is 0 Å². The molecule has 26 heavy (non-hydrogen) atoms. The molecule has 1 amide bonds. The van der Waals surface area contributed by atoms with E-state index in [9.17, 15) is 4.79 Å². The van der Waals surface area contributed by atoms with Crippen molar-refractivity contribution in [3.8, 4) is 0 Å². The largest absolute Gasteiger partial charge is 0.303 e. The van der Waals surface area contributed by atoms with Crippen LogP contribution in [0.15, 0.2) is 58.3 Å². The predicted molar refractivity (Wildman–Crippen MR) is 112 cm³/mol. The first-order chi connectivity index (χ1) is 12.8. The van der Waals surface area contributed by atoms with E-state index in [1.807, 2.05) is 29.2 Å². The van der Waals surface area contributed by atoms with Crippen LogP contribution in [0.1, 0.15) is 19.3 Å². The van der Waals surface area contributed by atoms with Gasteiger partial charge in [-0.15, -0.1) is 0 Å². The van der Waals surface area contributed by atoms with Crippen LogP contribution < -0.4 is 4.90 Å². The zero-order valence-corrected chi connectivity index (χ0v) is 16.5. The Morgan fingerprint density at radius 3 is 2.19 bits per heavy atom. The Kier molecular flexibility index (Phi) is 5.88. The number of benzene rings is 2. The van der Waals surface area contributed by atoms with E-state index in [4.69, 9.17) is 0 Å². The van der Waals surface area contributed by atoms with Gasteiger partial charge in [0.05, 0.1) is 17.1 Å². The summed E-state index contributed by atoms with van der Waals surface area (Å²) in [6.07, 6.45) is 4.01. The summed E-state index contributed by atoms with van der Waals surface area (Å²) in [5, 5.41) is 0. The molecule has 1 saturated heterocycles. The Morgan fingerprint density at radius 1 is 0.923 bits per heavy atom. The van der Waals surface area contributed by atoms with Crippen molar-refractivity contribution in [3.63, 3.8) is 0 Å². The van der Waals surface area contributed by atoms with Gasteiger partial charge in [-0.25, -0.2) is 0 Å². The van der Waals surface area contributed by atoms with E-state index in [0.717, 1.165) is 33.5 Å². The van der Waals surface area contributed by atoms with E-state index in [1.165, 1.54) is 32.4 Å². The van der Waals surface area contributed by atoms with Gasteiger partial charge in [0, 0.05) is 22.1 Å². The normalized spacial score (nSPS) is 16.8. The Balaban J connectivity index is 1.42. The lowest BCUT2D eigenvalue weighted by Crippen LogP contribution is -2.32. The molecule has 1 fully saturated rings. The molecular formula is C21H24N2OS2. The van der Waals surface area contributed by atoms with Crippen LogP contribution in [-0.2, 0) is 4.79 Å². The van der Waals surface area contributed by atoms with E-state index in [2.05, 4.69) is 29.2 Å². The minimum absolute atomic E-state index is 0.175. The second kappa shape index (κ2) is 8.51. The van der Waals surface area contributed by atoms with Crippen LogP contribution in [0.5, 0.6) is 0 Å². The van der Waals surface area contributed by atoms with Crippen molar-refractivity contribution in [2.45, 2.75) is 29.1 Å². The molecule has 0 radical (unpaired) electrons. The van der Waals surface area contributed by atoms with Crippen LogP contribution >= 0.6 is 23.5 Å². The number of carbonyl (C=O) groups excluding carboxylic acids is 1. The monoisotopic (exact) mass is 384 g/mol. The van der Waals surface area contributed by atoms with Gasteiger partial charge in [-0.2, -0.15) is 11.8 Å². The minimum Gasteiger partial charge on any atom is -0.303 e. The first-order valence-electron chi connectivity index (χ1n) is 9.32. The average molecular weight is 385 g/mol. The molecule has 0 bridgehead atoms.